The largest absolute Gasteiger partial charge is 0.292 e. The van der Waals surface area contributed by atoms with Crippen molar-refractivity contribution in [1.29, 1.82) is 0 Å². The van der Waals surface area contributed by atoms with Gasteiger partial charge in [-0.05, 0) is 30.2 Å². The molecule has 1 heterocycles. The van der Waals surface area contributed by atoms with Crippen LogP contribution in [0.25, 0.3) is 0 Å². The van der Waals surface area contributed by atoms with E-state index in [4.69, 9.17) is 11.6 Å². The molecule has 1 aromatic heterocycles. The number of aromatic nitrogens is 1. The average molecular weight is 246 g/mol. The molecular formula is C14H12ClNO. The molecule has 0 saturated heterocycles. The van der Waals surface area contributed by atoms with E-state index in [2.05, 4.69) is 4.98 Å². The van der Waals surface area contributed by atoms with Crippen LogP contribution in [0.15, 0.2) is 42.6 Å². The molecule has 0 fully saturated rings. The summed E-state index contributed by atoms with van der Waals surface area (Å²) in [5, 5.41) is 0.620. The van der Waals surface area contributed by atoms with Crippen molar-refractivity contribution in [3.8, 4) is 0 Å². The summed E-state index contributed by atoms with van der Waals surface area (Å²) in [5.41, 5.74) is 2.25. The standard InChI is InChI=1S/C14H12ClNO/c1-10-5-4-8-16-14(10)13(17)9-11-6-2-3-7-12(11)15/h2-8H,9H2,1H3. The minimum absolute atomic E-state index is 0.00352. The monoisotopic (exact) mass is 245 g/mol. The molecule has 0 radical (unpaired) electrons. The van der Waals surface area contributed by atoms with Gasteiger partial charge in [0.05, 0.1) is 0 Å². The normalized spacial score (nSPS) is 10.2. The van der Waals surface area contributed by atoms with E-state index in [0.29, 0.717) is 10.7 Å². The third-order valence-corrected chi connectivity index (χ3v) is 2.95. The van der Waals surface area contributed by atoms with Crippen molar-refractivity contribution in [3.05, 3.63) is 64.4 Å². The lowest BCUT2D eigenvalue weighted by atomic mass is 10.0. The van der Waals surface area contributed by atoms with Crippen LogP contribution in [0, 0.1) is 6.92 Å². The van der Waals surface area contributed by atoms with Crippen LogP contribution in [-0.2, 0) is 6.42 Å². The molecule has 2 rings (SSSR count). The van der Waals surface area contributed by atoms with Crippen LogP contribution in [0.2, 0.25) is 5.02 Å². The van der Waals surface area contributed by atoms with E-state index < -0.39 is 0 Å². The van der Waals surface area contributed by atoms with Gasteiger partial charge in [-0.25, -0.2) is 0 Å². The van der Waals surface area contributed by atoms with Gasteiger partial charge in [0.1, 0.15) is 5.69 Å². The zero-order valence-electron chi connectivity index (χ0n) is 9.48. The predicted octanol–water partition coefficient (Wildman–Crippen LogP) is 3.47. The Morgan fingerprint density at radius 2 is 2.00 bits per heavy atom. The van der Waals surface area contributed by atoms with Crippen molar-refractivity contribution >= 4 is 17.4 Å². The summed E-state index contributed by atoms with van der Waals surface area (Å²) in [6.07, 6.45) is 1.92. The van der Waals surface area contributed by atoms with Gasteiger partial charge in [0.25, 0.3) is 0 Å². The number of hydrogen-bond acceptors (Lipinski definition) is 2. The minimum atomic E-state index is -0.00352. The van der Waals surface area contributed by atoms with Crippen LogP contribution in [0.4, 0.5) is 0 Å². The number of carbonyl (C=O) groups excluding carboxylic acids is 1. The van der Waals surface area contributed by atoms with Crippen LogP contribution < -0.4 is 0 Å². The van der Waals surface area contributed by atoms with Crippen LogP contribution in [0.3, 0.4) is 0 Å². The third-order valence-electron chi connectivity index (χ3n) is 2.58. The molecule has 0 aliphatic carbocycles. The molecule has 17 heavy (non-hydrogen) atoms. The first-order valence-electron chi connectivity index (χ1n) is 5.36. The van der Waals surface area contributed by atoms with Gasteiger partial charge < -0.3 is 0 Å². The van der Waals surface area contributed by atoms with E-state index in [0.717, 1.165) is 11.1 Å². The van der Waals surface area contributed by atoms with Crippen LogP contribution >= 0.6 is 11.6 Å². The number of nitrogens with zero attached hydrogens (tertiary/aromatic N) is 1. The topological polar surface area (TPSA) is 30.0 Å². The van der Waals surface area contributed by atoms with Gasteiger partial charge in [-0.15, -0.1) is 0 Å². The fourth-order valence-corrected chi connectivity index (χ4v) is 1.88. The second-order valence-electron chi connectivity index (χ2n) is 3.86. The molecular weight excluding hydrogens is 234 g/mol. The lowest BCUT2D eigenvalue weighted by Crippen LogP contribution is -2.08. The highest BCUT2D eigenvalue weighted by Gasteiger charge is 2.12. The van der Waals surface area contributed by atoms with E-state index in [-0.39, 0.29) is 12.2 Å². The Kier molecular flexibility index (Phi) is 3.55. The number of carbonyl (C=O) groups is 1. The second kappa shape index (κ2) is 5.11. The van der Waals surface area contributed by atoms with Crippen molar-refractivity contribution in [2.24, 2.45) is 0 Å². The number of hydrogen-bond donors (Lipinski definition) is 0. The summed E-state index contributed by atoms with van der Waals surface area (Å²) in [5.74, 6) is -0.00352. The van der Waals surface area contributed by atoms with Crippen LogP contribution in [-0.4, -0.2) is 10.8 Å². The quantitative estimate of drug-likeness (QED) is 0.775. The lowest BCUT2D eigenvalue weighted by molar-refractivity contribution is 0.0987. The minimum Gasteiger partial charge on any atom is -0.292 e. The van der Waals surface area contributed by atoms with Crippen LogP contribution in [0.5, 0.6) is 0 Å². The van der Waals surface area contributed by atoms with Gasteiger partial charge >= 0.3 is 0 Å². The highest BCUT2D eigenvalue weighted by molar-refractivity contribution is 6.31. The molecule has 0 atom stereocenters. The van der Waals surface area contributed by atoms with Gasteiger partial charge in [-0.1, -0.05) is 35.9 Å². The van der Waals surface area contributed by atoms with Crippen molar-refractivity contribution in [1.82, 2.24) is 4.98 Å². The first kappa shape index (κ1) is 11.8. The Balaban J connectivity index is 2.24. The third kappa shape index (κ3) is 2.71. The molecule has 0 amide bonds. The van der Waals surface area contributed by atoms with Gasteiger partial charge in [-0.2, -0.15) is 0 Å². The summed E-state index contributed by atoms with van der Waals surface area (Å²) < 4.78 is 0. The van der Waals surface area contributed by atoms with Crippen molar-refractivity contribution < 1.29 is 4.79 Å². The Labute approximate surface area is 105 Å². The molecule has 1 aromatic carbocycles. The Morgan fingerprint density at radius 3 is 2.71 bits per heavy atom. The van der Waals surface area contributed by atoms with E-state index in [9.17, 15) is 4.79 Å². The molecule has 0 aliphatic rings. The SMILES string of the molecule is Cc1cccnc1C(=O)Cc1ccccc1Cl. The molecule has 0 N–H and O–H groups in total. The van der Waals surface area contributed by atoms with Crippen molar-refractivity contribution in [2.45, 2.75) is 13.3 Å². The number of pyridine rings is 1. The molecule has 0 spiro atoms. The number of ketones is 1. The van der Waals surface area contributed by atoms with E-state index in [1.54, 1.807) is 12.3 Å². The van der Waals surface area contributed by atoms with Crippen LogP contribution in [0.1, 0.15) is 21.6 Å². The molecule has 3 heteroatoms. The smallest absolute Gasteiger partial charge is 0.185 e. The fourth-order valence-electron chi connectivity index (χ4n) is 1.68. The Bertz CT molecular complexity index is 551. The summed E-state index contributed by atoms with van der Waals surface area (Å²) >= 11 is 6.02. The zero-order chi connectivity index (χ0) is 12.3. The molecule has 0 bridgehead atoms. The maximum Gasteiger partial charge on any atom is 0.185 e. The Hall–Kier alpha value is -1.67. The number of halogens is 1. The van der Waals surface area contributed by atoms with Gasteiger partial charge in [-0.3, -0.25) is 9.78 Å². The maximum absolute atomic E-state index is 12.1. The van der Waals surface area contributed by atoms with Crippen molar-refractivity contribution in [2.75, 3.05) is 0 Å². The summed E-state index contributed by atoms with van der Waals surface area (Å²) in [7, 11) is 0. The summed E-state index contributed by atoms with van der Waals surface area (Å²) in [6.45, 7) is 1.88. The average Bonchev–Trinajstić information content (AvgIpc) is 2.32. The fraction of sp³-hybridized carbons (Fsp3) is 0.143. The first-order valence-corrected chi connectivity index (χ1v) is 5.74. The zero-order valence-corrected chi connectivity index (χ0v) is 10.2. The molecule has 0 saturated carbocycles. The summed E-state index contributed by atoms with van der Waals surface area (Å²) in [4.78, 5) is 16.2. The van der Waals surface area contributed by atoms with Gasteiger partial charge in [0.15, 0.2) is 5.78 Å². The van der Waals surface area contributed by atoms with E-state index in [1.807, 2.05) is 37.3 Å². The van der Waals surface area contributed by atoms with Gasteiger partial charge in [0, 0.05) is 17.6 Å². The van der Waals surface area contributed by atoms with E-state index in [1.165, 1.54) is 0 Å². The predicted molar refractivity (Wildman–Crippen MR) is 68.5 cm³/mol. The number of rotatable bonds is 3. The molecule has 2 aromatic rings. The molecule has 2 nitrogen and oxygen atoms in total. The second-order valence-corrected chi connectivity index (χ2v) is 4.27. The van der Waals surface area contributed by atoms with Gasteiger partial charge in [0.2, 0.25) is 0 Å². The number of Topliss-reactive ketones (excluding diaryl/α,β-unsaturated/α-hetero) is 1. The highest BCUT2D eigenvalue weighted by Crippen LogP contribution is 2.17. The molecule has 86 valence electrons. The first-order chi connectivity index (χ1) is 8.18. The van der Waals surface area contributed by atoms with E-state index >= 15 is 0 Å². The summed E-state index contributed by atoms with van der Waals surface area (Å²) in [6, 6.07) is 11.1. The Morgan fingerprint density at radius 1 is 1.24 bits per heavy atom. The van der Waals surface area contributed by atoms with Crippen molar-refractivity contribution in [3.63, 3.8) is 0 Å². The molecule has 0 unspecified atom stereocenters. The number of aryl methyl sites for hydroxylation is 1. The molecule has 0 aliphatic heterocycles. The maximum atomic E-state index is 12.1. The highest BCUT2D eigenvalue weighted by atomic mass is 35.5. The lowest BCUT2D eigenvalue weighted by Gasteiger charge is -2.05. The number of benzene rings is 1.